The highest BCUT2D eigenvalue weighted by Gasteiger charge is 2.24. The Morgan fingerprint density at radius 2 is 1.90 bits per heavy atom. The van der Waals surface area contributed by atoms with E-state index in [0.717, 1.165) is 54.0 Å². The second-order valence-electron chi connectivity index (χ2n) is 10.3. The number of hydrogen-bond donors (Lipinski definition) is 1. The molecule has 6 rings (SSSR count). The first-order valence-electron chi connectivity index (χ1n) is 13.6. The summed E-state index contributed by atoms with van der Waals surface area (Å²) >= 11 is 0. The van der Waals surface area contributed by atoms with E-state index in [1.807, 2.05) is 24.3 Å². The molecular weight excluding hydrogens is 542 g/mol. The van der Waals surface area contributed by atoms with Crippen LogP contribution in [-0.4, -0.2) is 73.3 Å². The fourth-order valence-corrected chi connectivity index (χ4v) is 6.54. The number of carbonyl (C=O) groups is 1. The van der Waals surface area contributed by atoms with Gasteiger partial charge in [-0.1, -0.05) is 12.1 Å². The molecule has 5 heterocycles. The number of methoxy groups -OCH3 is 1. The fourth-order valence-electron chi connectivity index (χ4n) is 5.15. The molecule has 0 unspecified atom stereocenters. The number of sulfone groups is 1. The van der Waals surface area contributed by atoms with Crippen molar-refractivity contribution in [3.63, 3.8) is 0 Å². The third-order valence-corrected chi connectivity index (χ3v) is 9.25. The minimum absolute atomic E-state index is 0.102. The van der Waals surface area contributed by atoms with Gasteiger partial charge in [-0.15, -0.1) is 0 Å². The van der Waals surface area contributed by atoms with Crippen LogP contribution < -0.4 is 5.32 Å². The van der Waals surface area contributed by atoms with Crippen LogP contribution in [0.1, 0.15) is 32.9 Å². The van der Waals surface area contributed by atoms with E-state index < -0.39 is 9.84 Å². The Labute approximate surface area is 238 Å². The lowest BCUT2D eigenvalue weighted by Crippen LogP contribution is -2.33. The van der Waals surface area contributed by atoms with Crippen molar-refractivity contribution in [3.05, 3.63) is 82.8 Å². The molecule has 0 spiro atoms. The summed E-state index contributed by atoms with van der Waals surface area (Å²) in [7, 11) is -1.79. The first-order valence-corrected chi connectivity index (χ1v) is 15.2. The summed E-state index contributed by atoms with van der Waals surface area (Å²) in [6.07, 6.45) is 2.70. The third kappa shape index (κ3) is 5.98. The highest BCUT2D eigenvalue weighted by Crippen LogP contribution is 2.25. The molecule has 10 nitrogen and oxygen atoms in total. The molecule has 0 aliphatic carbocycles. The van der Waals surface area contributed by atoms with Crippen LogP contribution in [0.4, 0.5) is 0 Å². The average Bonchev–Trinajstić information content (AvgIpc) is 3.15. The van der Waals surface area contributed by atoms with Crippen molar-refractivity contribution in [1.29, 1.82) is 0 Å². The maximum atomic E-state index is 12.9. The zero-order chi connectivity index (χ0) is 28.4. The van der Waals surface area contributed by atoms with Gasteiger partial charge >= 0.3 is 0 Å². The predicted molar refractivity (Wildman–Crippen MR) is 153 cm³/mol. The first-order chi connectivity index (χ1) is 19.9. The van der Waals surface area contributed by atoms with Crippen molar-refractivity contribution in [2.75, 3.05) is 39.2 Å². The Bertz CT molecular complexity index is 1730. The molecule has 11 heteroatoms. The van der Waals surface area contributed by atoms with Crippen molar-refractivity contribution in [2.45, 2.75) is 31.0 Å². The molecule has 1 N–H and O–H groups in total. The molecule has 0 radical (unpaired) electrons. The molecule has 3 aromatic heterocycles. The van der Waals surface area contributed by atoms with Crippen molar-refractivity contribution in [3.8, 4) is 11.4 Å². The van der Waals surface area contributed by atoms with E-state index in [2.05, 4.69) is 21.3 Å². The van der Waals surface area contributed by atoms with E-state index in [1.54, 1.807) is 25.4 Å². The Balaban J connectivity index is 1.18. The van der Waals surface area contributed by atoms with Gasteiger partial charge in [-0.25, -0.2) is 18.4 Å². The van der Waals surface area contributed by atoms with Gasteiger partial charge in [0.15, 0.2) is 9.84 Å². The summed E-state index contributed by atoms with van der Waals surface area (Å²) in [5.41, 5.74) is 6.15. The number of carbonyl (C=O) groups excluding carboxylic acids is 1. The highest BCUT2D eigenvalue weighted by molar-refractivity contribution is 7.91. The zero-order valence-corrected chi connectivity index (χ0v) is 23.6. The molecule has 1 aromatic carbocycles. The summed E-state index contributed by atoms with van der Waals surface area (Å²) < 4.78 is 35.8. The molecule has 2 aliphatic rings. The zero-order valence-electron chi connectivity index (χ0n) is 22.8. The molecule has 0 bridgehead atoms. The van der Waals surface area contributed by atoms with Crippen molar-refractivity contribution >= 4 is 26.6 Å². The van der Waals surface area contributed by atoms with Crippen molar-refractivity contribution < 1.29 is 22.7 Å². The van der Waals surface area contributed by atoms with E-state index in [4.69, 9.17) is 19.4 Å². The number of hydrogen-bond acceptors (Lipinski definition) is 9. The van der Waals surface area contributed by atoms with Crippen LogP contribution in [0.3, 0.4) is 0 Å². The second-order valence-corrected chi connectivity index (χ2v) is 12.3. The third-order valence-electron chi connectivity index (χ3n) is 7.49. The Hall–Kier alpha value is -3.77. The van der Waals surface area contributed by atoms with Gasteiger partial charge in [0, 0.05) is 43.9 Å². The minimum atomic E-state index is -3.50. The van der Waals surface area contributed by atoms with Gasteiger partial charge in [-0.05, 0) is 53.9 Å². The molecule has 2 aliphatic heterocycles. The monoisotopic (exact) mass is 573 g/mol. The number of aromatic nitrogens is 3. The summed E-state index contributed by atoms with van der Waals surface area (Å²) in [6.45, 7) is 3.88. The van der Waals surface area contributed by atoms with Gasteiger partial charge in [0.2, 0.25) is 0 Å². The van der Waals surface area contributed by atoms with Gasteiger partial charge in [-0.3, -0.25) is 14.7 Å². The van der Waals surface area contributed by atoms with Crippen LogP contribution in [0.5, 0.6) is 0 Å². The quantitative estimate of drug-likeness (QED) is 0.355. The molecule has 41 heavy (non-hydrogen) atoms. The lowest BCUT2D eigenvalue weighted by molar-refractivity contribution is 0.0950. The average molecular weight is 574 g/mol. The normalized spacial score (nSPS) is 16.5. The minimum Gasteiger partial charge on any atom is -0.383 e. The fraction of sp³-hybridized carbons (Fsp3) is 0.333. The molecule has 0 atom stereocenters. The van der Waals surface area contributed by atoms with Gasteiger partial charge in [0.25, 0.3) is 5.91 Å². The number of nitrogens with one attached hydrogen (secondary N) is 1. The van der Waals surface area contributed by atoms with Gasteiger partial charge < -0.3 is 14.8 Å². The summed E-state index contributed by atoms with van der Waals surface area (Å²) in [4.78, 5) is 29.7. The smallest absolute Gasteiger partial charge is 0.251 e. The van der Waals surface area contributed by atoms with Gasteiger partial charge in [-0.2, -0.15) is 0 Å². The SMILES string of the molecule is COCCN1CCc2ccc(-c3ccc4cnc(CNC(=O)c5ccc6c(c5)S(=O)(=O)CCOC6)cc4n3)nc2C1. The highest BCUT2D eigenvalue weighted by atomic mass is 32.2. The molecule has 212 valence electrons. The maximum absolute atomic E-state index is 12.9. The number of nitrogens with zero attached hydrogens (tertiary/aromatic N) is 4. The van der Waals surface area contributed by atoms with E-state index in [0.29, 0.717) is 17.9 Å². The van der Waals surface area contributed by atoms with E-state index in [-0.39, 0.29) is 41.9 Å². The second kappa shape index (κ2) is 11.6. The van der Waals surface area contributed by atoms with E-state index in [1.165, 1.54) is 11.6 Å². The van der Waals surface area contributed by atoms with Crippen molar-refractivity contribution in [2.24, 2.45) is 0 Å². The number of pyridine rings is 3. The van der Waals surface area contributed by atoms with Crippen LogP contribution in [-0.2, 0) is 45.4 Å². The number of rotatable bonds is 7. The lowest BCUT2D eigenvalue weighted by Gasteiger charge is -2.27. The summed E-state index contributed by atoms with van der Waals surface area (Å²) in [5.74, 6) is -0.482. The van der Waals surface area contributed by atoms with Crippen molar-refractivity contribution in [1.82, 2.24) is 25.2 Å². The molecule has 4 aromatic rings. The Morgan fingerprint density at radius 1 is 1.07 bits per heavy atom. The predicted octanol–water partition coefficient (Wildman–Crippen LogP) is 2.93. The first kappa shape index (κ1) is 27.4. The summed E-state index contributed by atoms with van der Waals surface area (Å²) in [6, 6.07) is 14.6. The number of benzene rings is 1. The van der Waals surface area contributed by atoms with E-state index >= 15 is 0 Å². The number of ether oxygens (including phenoxy) is 2. The van der Waals surface area contributed by atoms with Gasteiger partial charge in [0.1, 0.15) is 0 Å². The molecule has 0 fully saturated rings. The lowest BCUT2D eigenvalue weighted by atomic mass is 10.0. The number of fused-ring (bicyclic) bond motifs is 3. The maximum Gasteiger partial charge on any atom is 0.251 e. The van der Waals surface area contributed by atoms with Gasteiger partial charge in [0.05, 0.1) is 65.3 Å². The largest absolute Gasteiger partial charge is 0.383 e. The molecular formula is C30H31N5O5S. The molecule has 0 saturated heterocycles. The van der Waals surface area contributed by atoms with Crippen LogP contribution in [0, 0.1) is 0 Å². The van der Waals surface area contributed by atoms with Crippen LogP contribution >= 0.6 is 0 Å². The molecule has 1 amide bonds. The van der Waals surface area contributed by atoms with Crippen LogP contribution in [0.15, 0.2) is 59.6 Å². The van der Waals surface area contributed by atoms with Crippen LogP contribution in [0.2, 0.25) is 0 Å². The Kier molecular flexibility index (Phi) is 7.76. The summed E-state index contributed by atoms with van der Waals surface area (Å²) in [5, 5.41) is 3.73. The Morgan fingerprint density at radius 3 is 2.78 bits per heavy atom. The van der Waals surface area contributed by atoms with Crippen LogP contribution in [0.25, 0.3) is 22.3 Å². The number of amides is 1. The molecule has 0 saturated carbocycles. The van der Waals surface area contributed by atoms with E-state index in [9.17, 15) is 13.2 Å². The standard InChI is InChI=1S/C30H31N5O5S/c1-39-11-10-35-9-8-20-4-6-26(34-28(20)18-35)25-7-5-22-16-31-24(15-27(22)33-25)17-32-30(36)21-2-3-23-19-40-12-13-41(37,38)29(23)14-21/h2-7,14-16H,8-13,17-19H2,1H3,(H,32,36). The topological polar surface area (TPSA) is 124 Å².